The summed E-state index contributed by atoms with van der Waals surface area (Å²) in [6.07, 6.45) is 3.27. The maximum Gasteiger partial charge on any atom is 0.159 e. The fourth-order valence-corrected chi connectivity index (χ4v) is 3.00. The summed E-state index contributed by atoms with van der Waals surface area (Å²) >= 11 is 0. The Kier molecular flexibility index (Phi) is 4.02. The van der Waals surface area contributed by atoms with Gasteiger partial charge in [-0.2, -0.15) is 0 Å². The minimum Gasteiger partial charge on any atom is -0.310 e. The average Bonchev–Trinajstić information content (AvgIpc) is 2.90. The third-order valence-corrected chi connectivity index (χ3v) is 4.11. The second-order valence-electron chi connectivity index (χ2n) is 5.59. The molecule has 1 atom stereocenters. The molecule has 0 heterocycles. The SMILES string of the molecule is CCCNC1CCc2cc(-c3ccc(F)c(F)c3)ccc21. The van der Waals surface area contributed by atoms with Gasteiger partial charge in [-0.3, -0.25) is 0 Å². The lowest BCUT2D eigenvalue weighted by Crippen LogP contribution is -2.19. The highest BCUT2D eigenvalue weighted by Crippen LogP contribution is 2.34. The predicted octanol–water partition coefficient (Wildman–Crippen LogP) is 4.62. The van der Waals surface area contributed by atoms with Crippen LogP contribution in [0.15, 0.2) is 36.4 Å². The first kappa shape index (κ1) is 14.2. The quantitative estimate of drug-likeness (QED) is 0.865. The third kappa shape index (κ3) is 2.84. The Balaban J connectivity index is 1.88. The van der Waals surface area contributed by atoms with Crippen molar-refractivity contribution in [2.75, 3.05) is 6.54 Å². The Hall–Kier alpha value is -1.74. The molecule has 2 aromatic rings. The Bertz CT molecular complexity index is 652. The van der Waals surface area contributed by atoms with Crippen LogP contribution in [0.25, 0.3) is 11.1 Å². The molecule has 1 aliphatic rings. The molecule has 1 unspecified atom stereocenters. The molecule has 0 saturated carbocycles. The zero-order valence-electron chi connectivity index (χ0n) is 12.1. The van der Waals surface area contributed by atoms with Crippen LogP contribution >= 0.6 is 0 Å². The van der Waals surface area contributed by atoms with Gasteiger partial charge < -0.3 is 5.32 Å². The van der Waals surface area contributed by atoms with Crippen molar-refractivity contribution < 1.29 is 8.78 Å². The molecule has 2 aromatic carbocycles. The van der Waals surface area contributed by atoms with Crippen LogP contribution in [-0.2, 0) is 6.42 Å². The smallest absolute Gasteiger partial charge is 0.159 e. The second kappa shape index (κ2) is 5.94. The van der Waals surface area contributed by atoms with E-state index in [9.17, 15) is 8.78 Å². The van der Waals surface area contributed by atoms with Crippen LogP contribution in [0.1, 0.15) is 36.9 Å². The molecule has 3 rings (SSSR count). The summed E-state index contributed by atoms with van der Waals surface area (Å²) < 4.78 is 26.4. The van der Waals surface area contributed by atoms with E-state index in [4.69, 9.17) is 0 Å². The fourth-order valence-electron chi connectivity index (χ4n) is 3.00. The van der Waals surface area contributed by atoms with Crippen molar-refractivity contribution in [2.45, 2.75) is 32.2 Å². The van der Waals surface area contributed by atoms with Gasteiger partial charge >= 0.3 is 0 Å². The van der Waals surface area contributed by atoms with Crippen LogP contribution in [0, 0.1) is 11.6 Å². The minimum atomic E-state index is -0.802. The Morgan fingerprint density at radius 1 is 1.05 bits per heavy atom. The second-order valence-corrected chi connectivity index (χ2v) is 5.59. The zero-order chi connectivity index (χ0) is 14.8. The van der Waals surface area contributed by atoms with E-state index in [1.807, 2.05) is 6.07 Å². The van der Waals surface area contributed by atoms with Gasteiger partial charge in [0.05, 0.1) is 0 Å². The standard InChI is InChI=1S/C18H19F2N/c1-2-9-21-18-8-5-14-10-12(3-6-15(14)18)13-4-7-16(19)17(20)11-13/h3-4,6-7,10-11,18,21H,2,5,8-9H2,1H3. The number of hydrogen-bond acceptors (Lipinski definition) is 1. The van der Waals surface area contributed by atoms with Crippen molar-refractivity contribution in [1.29, 1.82) is 0 Å². The first-order valence-electron chi connectivity index (χ1n) is 7.50. The molecule has 0 fully saturated rings. The van der Waals surface area contributed by atoms with E-state index in [1.165, 1.54) is 23.3 Å². The van der Waals surface area contributed by atoms with Crippen LogP contribution in [-0.4, -0.2) is 6.54 Å². The number of hydrogen-bond donors (Lipinski definition) is 1. The molecule has 1 nitrogen and oxygen atoms in total. The van der Waals surface area contributed by atoms with Crippen molar-refractivity contribution in [1.82, 2.24) is 5.32 Å². The molecule has 21 heavy (non-hydrogen) atoms. The van der Waals surface area contributed by atoms with Crippen LogP contribution in [0.4, 0.5) is 8.78 Å². The maximum atomic E-state index is 13.4. The predicted molar refractivity (Wildman–Crippen MR) is 81.1 cm³/mol. The first-order valence-corrected chi connectivity index (χ1v) is 7.50. The summed E-state index contributed by atoms with van der Waals surface area (Å²) in [5.41, 5.74) is 4.33. The van der Waals surface area contributed by atoms with E-state index in [0.29, 0.717) is 6.04 Å². The molecule has 0 saturated heterocycles. The lowest BCUT2D eigenvalue weighted by Gasteiger charge is -2.13. The monoisotopic (exact) mass is 287 g/mol. The fraction of sp³-hybridized carbons (Fsp3) is 0.333. The average molecular weight is 287 g/mol. The summed E-state index contributed by atoms with van der Waals surface area (Å²) in [4.78, 5) is 0. The topological polar surface area (TPSA) is 12.0 Å². The van der Waals surface area contributed by atoms with Crippen molar-refractivity contribution in [3.8, 4) is 11.1 Å². The van der Waals surface area contributed by atoms with Gasteiger partial charge in [-0.25, -0.2) is 8.78 Å². The van der Waals surface area contributed by atoms with Crippen molar-refractivity contribution in [3.63, 3.8) is 0 Å². The number of fused-ring (bicyclic) bond motifs is 1. The number of benzene rings is 2. The molecule has 0 spiro atoms. The molecule has 0 aliphatic heterocycles. The van der Waals surface area contributed by atoms with Gasteiger partial charge in [-0.05, 0) is 60.2 Å². The molecular weight excluding hydrogens is 268 g/mol. The van der Waals surface area contributed by atoms with E-state index in [2.05, 4.69) is 24.4 Å². The summed E-state index contributed by atoms with van der Waals surface area (Å²) in [6, 6.07) is 10.7. The molecular formula is C18H19F2N. The zero-order valence-corrected chi connectivity index (χ0v) is 12.1. The molecule has 3 heteroatoms. The summed E-state index contributed by atoms with van der Waals surface area (Å²) in [5.74, 6) is -1.60. The number of nitrogens with one attached hydrogen (secondary N) is 1. The lowest BCUT2D eigenvalue weighted by atomic mass is 9.99. The molecule has 1 aliphatic carbocycles. The van der Waals surface area contributed by atoms with Crippen LogP contribution in [0.5, 0.6) is 0 Å². The Morgan fingerprint density at radius 2 is 1.81 bits per heavy atom. The highest BCUT2D eigenvalue weighted by atomic mass is 19.2. The van der Waals surface area contributed by atoms with Gasteiger partial charge in [0.2, 0.25) is 0 Å². The van der Waals surface area contributed by atoms with Crippen molar-refractivity contribution >= 4 is 0 Å². The first-order chi connectivity index (χ1) is 10.2. The van der Waals surface area contributed by atoms with Crippen molar-refractivity contribution in [2.24, 2.45) is 0 Å². The molecule has 110 valence electrons. The van der Waals surface area contributed by atoms with Gasteiger partial charge in [0.15, 0.2) is 11.6 Å². The normalized spacial score (nSPS) is 17.0. The summed E-state index contributed by atoms with van der Waals surface area (Å²) in [6.45, 7) is 3.18. The number of rotatable bonds is 4. The minimum absolute atomic E-state index is 0.430. The van der Waals surface area contributed by atoms with E-state index >= 15 is 0 Å². The molecule has 1 N–H and O–H groups in total. The number of aryl methyl sites for hydroxylation is 1. The highest BCUT2D eigenvalue weighted by molar-refractivity contribution is 5.65. The van der Waals surface area contributed by atoms with Crippen LogP contribution in [0.2, 0.25) is 0 Å². The Labute approximate surface area is 124 Å². The number of halogens is 2. The van der Waals surface area contributed by atoms with E-state index in [0.717, 1.165) is 36.9 Å². The van der Waals surface area contributed by atoms with Crippen LogP contribution < -0.4 is 5.32 Å². The van der Waals surface area contributed by atoms with Gasteiger partial charge in [0.25, 0.3) is 0 Å². The lowest BCUT2D eigenvalue weighted by molar-refractivity contribution is 0.509. The summed E-state index contributed by atoms with van der Waals surface area (Å²) in [5, 5.41) is 3.55. The molecule has 0 amide bonds. The van der Waals surface area contributed by atoms with E-state index in [-0.39, 0.29) is 0 Å². The third-order valence-electron chi connectivity index (χ3n) is 4.11. The molecule has 0 aromatic heterocycles. The van der Waals surface area contributed by atoms with Gasteiger partial charge in [0.1, 0.15) is 0 Å². The van der Waals surface area contributed by atoms with Gasteiger partial charge in [-0.15, -0.1) is 0 Å². The molecule has 0 bridgehead atoms. The van der Waals surface area contributed by atoms with Crippen LogP contribution in [0.3, 0.4) is 0 Å². The Morgan fingerprint density at radius 3 is 2.57 bits per heavy atom. The van der Waals surface area contributed by atoms with Gasteiger partial charge in [0, 0.05) is 6.04 Å². The largest absolute Gasteiger partial charge is 0.310 e. The summed E-state index contributed by atoms with van der Waals surface area (Å²) in [7, 11) is 0. The molecule has 0 radical (unpaired) electrons. The van der Waals surface area contributed by atoms with E-state index in [1.54, 1.807) is 6.07 Å². The maximum absolute atomic E-state index is 13.4. The van der Waals surface area contributed by atoms with Crippen molar-refractivity contribution in [3.05, 3.63) is 59.2 Å². The highest BCUT2D eigenvalue weighted by Gasteiger charge is 2.22. The van der Waals surface area contributed by atoms with E-state index < -0.39 is 11.6 Å². The van der Waals surface area contributed by atoms with Gasteiger partial charge in [-0.1, -0.05) is 31.2 Å².